The Hall–Kier alpha value is -2.57. The van der Waals surface area contributed by atoms with Gasteiger partial charge in [-0.15, -0.1) is 0 Å². The van der Waals surface area contributed by atoms with Gasteiger partial charge in [0.2, 0.25) is 5.91 Å². The Kier molecular flexibility index (Phi) is 5.13. The van der Waals surface area contributed by atoms with Gasteiger partial charge < -0.3 is 10.6 Å². The molecular formula is C19H17Cl2N3O3. The molecule has 2 aromatic rings. The summed E-state index contributed by atoms with van der Waals surface area (Å²) in [6, 6.07) is 11.2. The maximum absolute atomic E-state index is 12.9. The number of nitrogens with one attached hydrogen (secondary N) is 2. The first-order chi connectivity index (χ1) is 12.7. The van der Waals surface area contributed by atoms with E-state index < -0.39 is 29.9 Å². The Morgan fingerprint density at radius 1 is 1.15 bits per heavy atom. The van der Waals surface area contributed by atoms with Crippen LogP contribution in [-0.2, 0) is 15.1 Å². The standard InChI is InChI=1S/C19H17Cl2N3O3/c1-11-3-6-13(7-4-11)22-16(25)10-24-17(26)19(2,23-18(24)27)14-8-5-12(20)9-15(14)21/h3-9H,10H2,1-2H3,(H,22,25)(H,23,27). The molecule has 3 rings (SSSR count). The van der Waals surface area contributed by atoms with E-state index in [-0.39, 0.29) is 5.02 Å². The minimum atomic E-state index is -1.37. The van der Waals surface area contributed by atoms with Crippen molar-refractivity contribution >= 4 is 46.7 Å². The lowest BCUT2D eigenvalue weighted by Crippen LogP contribution is -2.42. The van der Waals surface area contributed by atoms with Crippen molar-refractivity contribution in [3.8, 4) is 0 Å². The maximum atomic E-state index is 12.9. The van der Waals surface area contributed by atoms with Crippen LogP contribution >= 0.6 is 23.2 Å². The van der Waals surface area contributed by atoms with Crippen molar-refractivity contribution in [2.24, 2.45) is 0 Å². The number of rotatable bonds is 4. The number of benzene rings is 2. The van der Waals surface area contributed by atoms with Gasteiger partial charge in [-0.25, -0.2) is 4.79 Å². The van der Waals surface area contributed by atoms with Crippen molar-refractivity contribution < 1.29 is 14.4 Å². The Labute approximate surface area is 166 Å². The second-order valence-corrected chi connectivity index (χ2v) is 7.33. The SMILES string of the molecule is Cc1ccc(NC(=O)CN2C(=O)NC(C)(c3ccc(Cl)cc3Cl)C2=O)cc1. The van der Waals surface area contributed by atoms with E-state index in [1.165, 1.54) is 6.07 Å². The number of anilines is 1. The molecule has 1 fully saturated rings. The van der Waals surface area contributed by atoms with E-state index in [1.54, 1.807) is 31.2 Å². The van der Waals surface area contributed by atoms with Crippen LogP contribution in [0.25, 0.3) is 0 Å². The van der Waals surface area contributed by atoms with Gasteiger partial charge in [-0.2, -0.15) is 0 Å². The lowest BCUT2D eigenvalue weighted by Gasteiger charge is -2.23. The van der Waals surface area contributed by atoms with Crippen molar-refractivity contribution in [2.45, 2.75) is 19.4 Å². The van der Waals surface area contributed by atoms with Crippen molar-refractivity contribution in [3.05, 3.63) is 63.6 Å². The summed E-state index contributed by atoms with van der Waals surface area (Å²) in [5.41, 5.74) is 0.676. The molecule has 0 bridgehead atoms. The zero-order valence-electron chi connectivity index (χ0n) is 14.7. The van der Waals surface area contributed by atoms with Crippen molar-refractivity contribution in [1.82, 2.24) is 10.2 Å². The first-order valence-corrected chi connectivity index (χ1v) is 8.92. The Morgan fingerprint density at radius 3 is 2.44 bits per heavy atom. The monoisotopic (exact) mass is 405 g/mol. The summed E-state index contributed by atoms with van der Waals surface area (Å²) >= 11 is 12.1. The number of nitrogens with zero attached hydrogens (tertiary/aromatic N) is 1. The van der Waals surface area contributed by atoms with Crippen LogP contribution in [0.5, 0.6) is 0 Å². The summed E-state index contributed by atoms with van der Waals surface area (Å²) in [5, 5.41) is 5.95. The number of carbonyl (C=O) groups excluding carboxylic acids is 3. The van der Waals surface area contributed by atoms with Crippen LogP contribution in [0.1, 0.15) is 18.1 Å². The maximum Gasteiger partial charge on any atom is 0.325 e. The van der Waals surface area contributed by atoms with Crippen LogP contribution in [0.15, 0.2) is 42.5 Å². The number of amides is 4. The molecule has 0 aromatic heterocycles. The van der Waals surface area contributed by atoms with Gasteiger partial charge in [-0.05, 0) is 38.1 Å². The van der Waals surface area contributed by atoms with Crippen molar-refractivity contribution in [1.29, 1.82) is 0 Å². The molecule has 4 amide bonds. The summed E-state index contributed by atoms with van der Waals surface area (Å²) in [4.78, 5) is 38.4. The van der Waals surface area contributed by atoms with Crippen molar-refractivity contribution in [2.75, 3.05) is 11.9 Å². The predicted octanol–water partition coefficient (Wildman–Crippen LogP) is 3.71. The van der Waals surface area contributed by atoms with E-state index in [1.807, 2.05) is 19.1 Å². The summed E-state index contributed by atoms with van der Waals surface area (Å²) in [7, 11) is 0. The molecule has 1 atom stereocenters. The number of urea groups is 1. The average Bonchev–Trinajstić information content (AvgIpc) is 2.81. The van der Waals surface area contributed by atoms with Crippen LogP contribution in [0.4, 0.5) is 10.5 Å². The Bertz CT molecular complexity index is 930. The lowest BCUT2D eigenvalue weighted by atomic mass is 9.92. The molecule has 0 spiro atoms. The molecule has 1 aliphatic heterocycles. The van der Waals surface area contributed by atoms with Gasteiger partial charge in [0, 0.05) is 21.3 Å². The largest absolute Gasteiger partial charge is 0.325 e. The molecule has 0 aliphatic carbocycles. The second-order valence-electron chi connectivity index (χ2n) is 6.48. The highest BCUT2D eigenvalue weighted by molar-refractivity contribution is 6.35. The highest BCUT2D eigenvalue weighted by Crippen LogP contribution is 2.34. The molecule has 2 aromatic carbocycles. The minimum Gasteiger partial charge on any atom is -0.325 e. The van der Waals surface area contributed by atoms with Crippen LogP contribution < -0.4 is 10.6 Å². The zero-order valence-corrected chi connectivity index (χ0v) is 16.2. The first kappa shape index (κ1) is 19.2. The average molecular weight is 406 g/mol. The van der Waals surface area contributed by atoms with Gasteiger partial charge in [0.25, 0.3) is 5.91 Å². The van der Waals surface area contributed by atoms with Crippen LogP contribution in [0.3, 0.4) is 0 Å². The highest BCUT2D eigenvalue weighted by atomic mass is 35.5. The third kappa shape index (κ3) is 3.77. The lowest BCUT2D eigenvalue weighted by molar-refractivity contribution is -0.133. The normalized spacial score (nSPS) is 19.2. The molecule has 1 unspecified atom stereocenters. The van der Waals surface area contributed by atoms with Crippen molar-refractivity contribution in [3.63, 3.8) is 0 Å². The van der Waals surface area contributed by atoms with E-state index >= 15 is 0 Å². The molecule has 1 aliphatic rings. The number of hydrogen-bond acceptors (Lipinski definition) is 3. The molecule has 0 radical (unpaired) electrons. The van der Waals surface area contributed by atoms with E-state index in [9.17, 15) is 14.4 Å². The third-order valence-electron chi connectivity index (χ3n) is 4.38. The van der Waals surface area contributed by atoms with E-state index in [0.29, 0.717) is 16.3 Å². The highest BCUT2D eigenvalue weighted by Gasteiger charge is 2.50. The summed E-state index contributed by atoms with van der Waals surface area (Å²) < 4.78 is 0. The number of aryl methyl sites for hydroxylation is 1. The third-order valence-corrected chi connectivity index (χ3v) is 4.93. The van der Waals surface area contributed by atoms with E-state index in [4.69, 9.17) is 23.2 Å². The first-order valence-electron chi connectivity index (χ1n) is 8.17. The van der Waals surface area contributed by atoms with Gasteiger partial charge >= 0.3 is 6.03 Å². The van der Waals surface area contributed by atoms with Crippen LogP contribution in [-0.4, -0.2) is 29.3 Å². The molecule has 8 heteroatoms. The molecule has 140 valence electrons. The second kappa shape index (κ2) is 7.21. The molecule has 27 heavy (non-hydrogen) atoms. The zero-order chi connectivity index (χ0) is 19.8. The Balaban J connectivity index is 1.77. The van der Waals surface area contributed by atoms with E-state index in [2.05, 4.69) is 10.6 Å². The molecule has 6 nitrogen and oxygen atoms in total. The van der Waals surface area contributed by atoms with Gasteiger partial charge in [0.15, 0.2) is 0 Å². The number of imide groups is 1. The van der Waals surface area contributed by atoms with Crippen LogP contribution in [0, 0.1) is 6.92 Å². The fourth-order valence-electron chi connectivity index (χ4n) is 2.90. The van der Waals surface area contributed by atoms with Gasteiger partial charge in [-0.1, -0.05) is 47.0 Å². The summed E-state index contributed by atoms with van der Waals surface area (Å²) in [5.74, 6) is -1.04. The summed E-state index contributed by atoms with van der Waals surface area (Å²) in [6.07, 6.45) is 0. The smallest absolute Gasteiger partial charge is 0.325 e. The fourth-order valence-corrected chi connectivity index (χ4v) is 3.50. The number of hydrogen-bond donors (Lipinski definition) is 2. The van der Waals surface area contributed by atoms with Gasteiger partial charge in [0.05, 0.1) is 0 Å². The predicted molar refractivity (Wildman–Crippen MR) is 104 cm³/mol. The molecule has 2 N–H and O–H groups in total. The van der Waals surface area contributed by atoms with E-state index in [0.717, 1.165) is 10.5 Å². The molecule has 1 saturated heterocycles. The number of carbonyl (C=O) groups is 3. The van der Waals surface area contributed by atoms with Crippen LogP contribution in [0.2, 0.25) is 10.0 Å². The fraction of sp³-hybridized carbons (Fsp3) is 0.211. The van der Waals surface area contributed by atoms with Gasteiger partial charge in [-0.3, -0.25) is 14.5 Å². The molecule has 0 saturated carbocycles. The molecular weight excluding hydrogens is 389 g/mol. The molecule has 1 heterocycles. The topological polar surface area (TPSA) is 78.5 Å². The summed E-state index contributed by atoms with van der Waals surface area (Å²) in [6.45, 7) is 3.07. The van der Waals surface area contributed by atoms with Gasteiger partial charge in [0.1, 0.15) is 12.1 Å². The Morgan fingerprint density at radius 2 is 1.81 bits per heavy atom. The quantitative estimate of drug-likeness (QED) is 0.760. The minimum absolute atomic E-state index is 0.254. The number of halogens is 2.